The minimum Gasteiger partial charge on any atom is -0.484 e. The molecule has 0 fully saturated rings. The fourth-order valence-electron chi connectivity index (χ4n) is 2.77. The quantitative estimate of drug-likeness (QED) is 0.758. The van der Waals surface area contributed by atoms with Crippen molar-refractivity contribution in [2.75, 3.05) is 13.2 Å². The minimum atomic E-state index is -0.509. The van der Waals surface area contributed by atoms with Gasteiger partial charge in [0, 0.05) is 0 Å². The number of amides is 2. The number of aryl methyl sites for hydroxylation is 2. The van der Waals surface area contributed by atoms with Gasteiger partial charge in [-0.05, 0) is 66.8 Å². The van der Waals surface area contributed by atoms with E-state index in [0.717, 1.165) is 19.3 Å². The number of nitrogens with zero attached hydrogens (tertiary/aromatic N) is 1. The van der Waals surface area contributed by atoms with Gasteiger partial charge in [-0.2, -0.15) is 5.26 Å². The van der Waals surface area contributed by atoms with E-state index in [0.29, 0.717) is 17.1 Å². The Morgan fingerprint density at radius 2 is 1.48 bits per heavy atom. The van der Waals surface area contributed by atoms with Gasteiger partial charge >= 0.3 is 0 Å². The van der Waals surface area contributed by atoms with Crippen LogP contribution in [0.3, 0.4) is 0 Å². The largest absolute Gasteiger partial charge is 0.484 e. The lowest BCUT2D eigenvalue weighted by Gasteiger charge is -2.10. The van der Waals surface area contributed by atoms with E-state index in [4.69, 9.17) is 14.7 Å². The summed E-state index contributed by atoms with van der Waals surface area (Å²) in [5.41, 5.74) is 7.63. The lowest BCUT2D eigenvalue weighted by Crippen LogP contribution is -2.45. The molecule has 2 aromatic rings. The Kier molecular flexibility index (Phi) is 5.90. The standard InChI is InChI=1S/C20H19N3O4/c21-11-14-4-7-17(8-5-14)26-12-19(24)22-23-20(25)13-27-18-9-6-15-2-1-3-16(15)10-18/h4-10H,1-3,12-13H2,(H,22,24)(H,23,25). The van der Waals surface area contributed by atoms with Gasteiger partial charge in [0.05, 0.1) is 11.6 Å². The summed E-state index contributed by atoms with van der Waals surface area (Å²) in [6.07, 6.45) is 3.27. The highest BCUT2D eigenvalue weighted by atomic mass is 16.5. The predicted molar refractivity (Wildman–Crippen MR) is 96.9 cm³/mol. The van der Waals surface area contributed by atoms with Crippen LogP contribution in [0.1, 0.15) is 23.1 Å². The second kappa shape index (κ2) is 8.72. The van der Waals surface area contributed by atoms with E-state index in [9.17, 15) is 9.59 Å². The Hall–Kier alpha value is -3.53. The summed E-state index contributed by atoms with van der Waals surface area (Å²) in [5, 5.41) is 8.72. The molecule has 0 heterocycles. The van der Waals surface area contributed by atoms with Crippen LogP contribution in [0, 0.1) is 11.3 Å². The highest BCUT2D eigenvalue weighted by Crippen LogP contribution is 2.25. The van der Waals surface area contributed by atoms with Crippen molar-refractivity contribution < 1.29 is 19.1 Å². The number of fused-ring (bicyclic) bond motifs is 1. The molecular weight excluding hydrogens is 346 g/mol. The molecule has 0 unspecified atom stereocenters. The van der Waals surface area contributed by atoms with Crippen LogP contribution >= 0.6 is 0 Å². The van der Waals surface area contributed by atoms with Crippen molar-refractivity contribution in [2.45, 2.75) is 19.3 Å². The highest BCUT2D eigenvalue weighted by Gasteiger charge is 2.12. The Morgan fingerprint density at radius 1 is 0.889 bits per heavy atom. The number of ether oxygens (including phenoxy) is 2. The molecule has 0 saturated carbocycles. The number of carbonyl (C=O) groups excluding carboxylic acids is 2. The van der Waals surface area contributed by atoms with Gasteiger partial charge in [0.15, 0.2) is 13.2 Å². The van der Waals surface area contributed by atoms with Crippen LogP contribution in [-0.2, 0) is 22.4 Å². The first-order chi connectivity index (χ1) is 13.1. The number of benzene rings is 2. The maximum atomic E-state index is 11.8. The molecule has 0 saturated heterocycles. The fraction of sp³-hybridized carbons (Fsp3) is 0.250. The number of carbonyl (C=O) groups is 2. The molecule has 2 amide bonds. The van der Waals surface area contributed by atoms with Crippen LogP contribution in [0.4, 0.5) is 0 Å². The van der Waals surface area contributed by atoms with Gasteiger partial charge in [0.25, 0.3) is 11.8 Å². The van der Waals surface area contributed by atoms with Crippen molar-refractivity contribution in [1.82, 2.24) is 10.9 Å². The molecule has 1 aliphatic carbocycles. The molecular formula is C20H19N3O4. The van der Waals surface area contributed by atoms with Crippen molar-refractivity contribution in [3.63, 3.8) is 0 Å². The van der Waals surface area contributed by atoms with Gasteiger partial charge in [-0.25, -0.2) is 0 Å². The smallest absolute Gasteiger partial charge is 0.276 e. The number of hydrazine groups is 1. The average molecular weight is 365 g/mol. The van der Waals surface area contributed by atoms with E-state index in [1.54, 1.807) is 24.3 Å². The summed E-state index contributed by atoms with van der Waals surface area (Å²) < 4.78 is 10.7. The molecule has 2 aromatic carbocycles. The highest BCUT2D eigenvalue weighted by molar-refractivity contribution is 5.83. The number of nitriles is 1. The Morgan fingerprint density at radius 3 is 2.15 bits per heavy atom. The van der Waals surface area contributed by atoms with E-state index < -0.39 is 11.8 Å². The topological polar surface area (TPSA) is 100 Å². The van der Waals surface area contributed by atoms with Gasteiger partial charge in [-0.15, -0.1) is 0 Å². The van der Waals surface area contributed by atoms with Crippen molar-refractivity contribution >= 4 is 11.8 Å². The van der Waals surface area contributed by atoms with Crippen molar-refractivity contribution in [3.05, 3.63) is 59.2 Å². The second-order valence-corrected chi connectivity index (χ2v) is 6.09. The third-order valence-corrected chi connectivity index (χ3v) is 4.13. The molecule has 2 N–H and O–H groups in total. The van der Waals surface area contributed by atoms with Gasteiger partial charge in [-0.3, -0.25) is 20.4 Å². The summed E-state index contributed by atoms with van der Waals surface area (Å²) in [7, 11) is 0. The maximum Gasteiger partial charge on any atom is 0.276 e. The van der Waals surface area contributed by atoms with Crippen LogP contribution in [0.15, 0.2) is 42.5 Å². The molecule has 27 heavy (non-hydrogen) atoms. The summed E-state index contributed by atoms with van der Waals surface area (Å²) in [6, 6.07) is 14.2. The SMILES string of the molecule is N#Cc1ccc(OCC(=O)NNC(=O)COc2ccc3c(c2)CCC3)cc1. The maximum absolute atomic E-state index is 11.8. The molecule has 7 heteroatoms. The lowest BCUT2D eigenvalue weighted by molar-refractivity contribution is -0.131. The molecule has 0 aliphatic heterocycles. The zero-order chi connectivity index (χ0) is 19.1. The Balaban J connectivity index is 1.35. The summed E-state index contributed by atoms with van der Waals surface area (Å²) in [4.78, 5) is 23.5. The zero-order valence-corrected chi connectivity index (χ0v) is 14.7. The summed E-state index contributed by atoms with van der Waals surface area (Å²) in [6.45, 7) is -0.465. The lowest BCUT2D eigenvalue weighted by atomic mass is 10.1. The van der Waals surface area contributed by atoms with Gasteiger partial charge < -0.3 is 9.47 Å². The first-order valence-electron chi connectivity index (χ1n) is 8.59. The van der Waals surface area contributed by atoms with E-state index in [1.165, 1.54) is 11.1 Å². The molecule has 0 atom stereocenters. The Bertz CT molecular complexity index is 872. The first-order valence-corrected chi connectivity index (χ1v) is 8.59. The third-order valence-electron chi connectivity index (χ3n) is 4.13. The van der Waals surface area contributed by atoms with Gasteiger partial charge in [0.1, 0.15) is 11.5 Å². The first kappa shape index (κ1) is 18.3. The second-order valence-electron chi connectivity index (χ2n) is 6.09. The van der Waals surface area contributed by atoms with Crippen LogP contribution in [0.5, 0.6) is 11.5 Å². The van der Waals surface area contributed by atoms with E-state index in [-0.39, 0.29) is 13.2 Å². The molecule has 3 rings (SSSR count). The van der Waals surface area contributed by atoms with Crippen molar-refractivity contribution in [1.29, 1.82) is 5.26 Å². The van der Waals surface area contributed by atoms with Crippen molar-refractivity contribution in [3.8, 4) is 17.6 Å². The van der Waals surface area contributed by atoms with Crippen LogP contribution < -0.4 is 20.3 Å². The van der Waals surface area contributed by atoms with Crippen LogP contribution in [0.2, 0.25) is 0 Å². The molecule has 0 aromatic heterocycles. The third kappa shape index (κ3) is 5.22. The molecule has 138 valence electrons. The molecule has 0 bridgehead atoms. The summed E-state index contributed by atoms with van der Waals surface area (Å²) in [5.74, 6) is 0.115. The molecule has 7 nitrogen and oxygen atoms in total. The fourth-order valence-corrected chi connectivity index (χ4v) is 2.77. The predicted octanol–water partition coefficient (Wildman–Crippen LogP) is 1.65. The van der Waals surface area contributed by atoms with E-state index in [2.05, 4.69) is 10.9 Å². The number of rotatable bonds is 6. The van der Waals surface area contributed by atoms with Crippen LogP contribution in [-0.4, -0.2) is 25.0 Å². The normalized spacial score (nSPS) is 11.8. The van der Waals surface area contributed by atoms with Gasteiger partial charge in [0.2, 0.25) is 0 Å². The molecule has 0 spiro atoms. The van der Waals surface area contributed by atoms with Gasteiger partial charge in [-0.1, -0.05) is 6.07 Å². The minimum absolute atomic E-state index is 0.199. The molecule has 1 aliphatic rings. The van der Waals surface area contributed by atoms with E-state index in [1.807, 2.05) is 24.3 Å². The van der Waals surface area contributed by atoms with E-state index >= 15 is 0 Å². The average Bonchev–Trinajstić information content (AvgIpc) is 3.17. The monoisotopic (exact) mass is 365 g/mol. The summed E-state index contributed by atoms with van der Waals surface area (Å²) >= 11 is 0. The number of nitrogens with one attached hydrogen (secondary N) is 2. The number of hydrogen-bond acceptors (Lipinski definition) is 5. The van der Waals surface area contributed by atoms with Crippen molar-refractivity contribution in [2.24, 2.45) is 0 Å². The molecule has 0 radical (unpaired) electrons. The van der Waals surface area contributed by atoms with Crippen LogP contribution in [0.25, 0.3) is 0 Å². The number of hydrogen-bond donors (Lipinski definition) is 2. The Labute approximate surface area is 156 Å². The zero-order valence-electron chi connectivity index (χ0n) is 14.7.